The van der Waals surface area contributed by atoms with Crippen molar-refractivity contribution in [2.75, 3.05) is 11.1 Å². The van der Waals surface area contributed by atoms with Crippen LogP contribution in [0.2, 0.25) is 0 Å². The molecule has 170 valence electrons. The van der Waals surface area contributed by atoms with E-state index in [2.05, 4.69) is 20.5 Å². The molecule has 0 amide bonds. The first-order valence-electron chi connectivity index (χ1n) is 11.1. The van der Waals surface area contributed by atoms with Crippen molar-refractivity contribution in [1.29, 1.82) is 0 Å². The third-order valence-corrected chi connectivity index (χ3v) is 5.89. The van der Waals surface area contributed by atoms with Crippen molar-refractivity contribution >= 4 is 39.1 Å². The van der Waals surface area contributed by atoms with Crippen LogP contribution in [0.3, 0.4) is 0 Å². The maximum atomic E-state index is 6.14. The summed E-state index contributed by atoms with van der Waals surface area (Å²) in [6.07, 6.45) is 3.30. The number of aromatic nitrogens is 3. The average molecular weight is 460 g/mol. The maximum absolute atomic E-state index is 6.14. The summed E-state index contributed by atoms with van der Waals surface area (Å²) in [6, 6.07) is 25.2. The molecule has 0 aliphatic rings. The highest BCUT2D eigenvalue weighted by atomic mass is 16.5. The topological polar surface area (TPSA) is 99.1 Å². The second-order valence-corrected chi connectivity index (χ2v) is 8.21. The van der Waals surface area contributed by atoms with E-state index >= 15 is 0 Å². The zero-order valence-corrected chi connectivity index (χ0v) is 18.9. The van der Waals surface area contributed by atoms with Gasteiger partial charge in [-0.15, -0.1) is 10.2 Å². The Bertz CT molecular complexity index is 1680. The van der Waals surface area contributed by atoms with E-state index in [0.717, 1.165) is 44.5 Å². The zero-order chi connectivity index (χ0) is 23.8. The summed E-state index contributed by atoms with van der Waals surface area (Å²) in [4.78, 5) is 4.26. The number of ether oxygens (including phenoxy) is 1. The largest absolute Gasteiger partial charge is 0.459 e. The van der Waals surface area contributed by atoms with Crippen molar-refractivity contribution in [3.63, 3.8) is 0 Å². The number of benzene rings is 3. The van der Waals surface area contributed by atoms with Gasteiger partial charge >= 0.3 is 0 Å². The van der Waals surface area contributed by atoms with Crippen molar-refractivity contribution in [2.24, 2.45) is 0 Å². The van der Waals surface area contributed by atoms with Crippen molar-refractivity contribution < 1.29 is 9.15 Å². The van der Waals surface area contributed by atoms with Crippen molar-refractivity contribution in [2.45, 2.75) is 6.92 Å². The van der Waals surface area contributed by atoms with Gasteiger partial charge < -0.3 is 20.2 Å². The average Bonchev–Trinajstić information content (AvgIpc) is 3.37. The minimum Gasteiger partial charge on any atom is -0.459 e. The molecule has 0 aliphatic heterocycles. The fraction of sp³-hybridized carbons (Fsp3) is 0.0357. The normalized spacial score (nSPS) is 11.1. The highest BCUT2D eigenvalue weighted by Crippen LogP contribution is 2.33. The van der Waals surface area contributed by atoms with E-state index in [9.17, 15) is 0 Å². The molecular formula is C28H21N5O2. The number of anilines is 3. The molecule has 0 saturated heterocycles. The molecule has 3 aromatic heterocycles. The molecule has 0 radical (unpaired) electrons. The van der Waals surface area contributed by atoms with Gasteiger partial charge in [0.2, 0.25) is 0 Å². The van der Waals surface area contributed by atoms with Crippen LogP contribution >= 0.6 is 0 Å². The molecule has 6 aromatic rings. The van der Waals surface area contributed by atoms with E-state index in [4.69, 9.17) is 14.9 Å². The van der Waals surface area contributed by atoms with Gasteiger partial charge in [0.25, 0.3) is 0 Å². The fourth-order valence-electron chi connectivity index (χ4n) is 4.00. The van der Waals surface area contributed by atoms with E-state index in [0.29, 0.717) is 22.9 Å². The van der Waals surface area contributed by atoms with Crippen LogP contribution in [0.4, 0.5) is 17.2 Å². The lowest BCUT2D eigenvalue weighted by atomic mass is 10.0. The number of nitrogens with zero attached hydrogens (tertiary/aromatic N) is 3. The van der Waals surface area contributed by atoms with E-state index < -0.39 is 0 Å². The lowest BCUT2D eigenvalue weighted by Gasteiger charge is -2.12. The van der Waals surface area contributed by atoms with Crippen LogP contribution < -0.4 is 15.8 Å². The zero-order valence-electron chi connectivity index (χ0n) is 18.9. The minimum absolute atomic E-state index is 0.616. The Balaban J connectivity index is 1.29. The second-order valence-electron chi connectivity index (χ2n) is 8.21. The molecular weight excluding hydrogens is 438 g/mol. The minimum atomic E-state index is 0.616. The molecule has 0 atom stereocenters. The SMILES string of the molecule is Cc1ccc(-c2nnc(Nc3ccc(Oc4ccnc5ccoc45)cc3)c3ccccc23)cc1N. The number of rotatable bonds is 5. The van der Waals surface area contributed by atoms with Gasteiger partial charge in [-0.1, -0.05) is 36.4 Å². The molecule has 3 aromatic carbocycles. The lowest BCUT2D eigenvalue weighted by molar-refractivity contribution is 0.472. The molecule has 7 nitrogen and oxygen atoms in total. The van der Waals surface area contributed by atoms with Gasteiger partial charge in [0.05, 0.1) is 6.26 Å². The molecule has 0 spiro atoms. The first kappa shape index (κ1) is 20.7. The van der Waals surface area contributed by atoms with Crippen molar-refractivity contribution in [3.8, 4) is 22.8 Å². The molecule has 0 unspecified atom stereocenters. The van der Waals surface area contributed by atoms with Gasteiger partial charge in [0.15, 0.2) is 17.2 Å². The standard InChI is InChI=1S/C28H21N5O2/c1-17-6-7-18(16-23(17)29)26-21-4-2-3-5-22(21)28(33-32-26)31-19-8-10-20(11-9-19)35-25-12-14-30-24-13-15-34-27(24)25/h2-16H,29H2,1H3,(H,31,33). The Labute approximate surface area is 201 Å². The maximum Gasteiger partial charge on any atom is 0.194 e. The third-order valence-electron chi connectivity index (χ3n) is 5.89. The molecule has 0 aliphatic carbocycles. The molecule has 7 heteroatoms. The molecule has 6 rings (SSSR count). The first-order valence-corrected chi connectivity index (χ1v) is 11.1. The number of fused-ring (bicyclic) bond motifs is 2. The second kappa shape index (κ2) is 8.46. The van der Waals surface area contributed by atoms with Crippen LogP contribution in [0.15, 0.2) is 95.7 Å². The smallest absolute Gasteiger partial charge is 0.194 e. The number of hydrogen-bond donors (Lipinski definition) is 2. The van der Waals surface area contributed by atoms with Crippen LogP contribution in [0.25, 0.3) is 33.1 Å². The molecule has 0 bridgehead atoms. The number of furan rings is 1. The van der Waals surface area contributed by atoms with Gasteiger partial charge in [0.1, 0.15) is 17.0 Å². The summed E-state index contributed by atoms with van der Waals surface area (Å²) < 4.78 is 11.5. The number of pyridine rings is 1. The number of nitrogens with two attached hydrogens (primary N) is 1. The van der Waals surface area contributed by atoms with E-state index in [-0.39, 0.29) is 0 Å². The highest BCUT2D eigenvalue weighted by Gasteiger charge is 2.12. The van der Waals surface area contributed by atoms with Crippen LogP contribution in [-0.2, 0) is 0 Å². The van der Waals surface area contributed by atoms with Crippen LogP contribution in [0.5, 0.6) is 11.5 Å². The molecule has 0 fully saturated rings. The number of aryl methyl sites for hydroxylation is 1. The summed E-state index contributed by atoms with van der Waals surface area (Å²) in [7, 11) is 0. The third kappa shape index (κ3) is 3.89. The predicted molar refractivity (Wildman–Crippen MR) is 138 cm³/mol. The van der Waals surface area contributed by atoms with Crippen molar-refractivity contribution in [3.05, 3.63) is 96.9 Å². The van der Waals surface area contributed by atoms with Gasteiger partial charge in [-0.25, -0.2) is 0 Å². The Morgan fingerprint density at radius 3 is 2.54 bits per heavy atom. The van der Waals surface area contributed by atoms with Gasteiger partial charge in [0, 0.05) is 46.0 Å². The Kier molecular flexibility index (Phi) is 5.00. The quantitative estimate of drug-likeness (QED) is 0.272. The van der Waals surface area contributed by atoms with E-state index in [1.54, 1.807) is 24.6 Å². The highest BCUT2D eigenvalue weighted by molar-refractivity contribution is 6.01. The van der Waals surface area contributed by atoms with Gasteiger partial charge in [-0.05, 0) is 42.8 Å². The van der Waals surface area contributed by atoms with Crippen LogP contribution in [0, 0.1) is 6.92 Å². The number of nitrogens with one attached hydrogen (secondary N) is 1. The summed E-state index contributed by atoms with van der Waals surface area (Å²) in [5.41, 5.74) is 11.9. The lowest BCUT2D eigenvalue weighted by Crippen LogP contribution is -2.00. The summed E-state index contributed by atoms with van der Waals surface area (Å²) in [6.45, 7) is 1.99. The summed E-state index contributed by atoms with van der Waals surface area (Å²) in [5, 5.41) is 14.4. The first-order chi connectivity index (χ1) is 17.2. The van der Waals surface area contributed by atoms with E-state index in [1.807, 2.05) is 73.7 Å². The summed E-state index contributed by atoms with van der Waals surface area (Å²) in [5.74, 6) is 1.97. The summed E-state index contributed by atoms with van der Waals surface area (Å²) >= 11 is 0. The number of hydrogen-bond acceptors (Lipinski definition) is 7. The number of nitrogen functional groups attached to an aromatic ring is 1. The Hall–Kier alpha value is -4.91. The van der Waals surface area contributed by atoms with Gasteiger partial charge in [-0.3, -0.25) is 4.98 Å². The Morgan fingerprint density at radius 1 is 0.886 bits per heavy atom. The van der Waals surface area contributed by atoms with Crippen LogP contribution in [-0.4, -0.2) is 15.2 Å². The molecule has 35 heavy (non-hydrogen) atoms. The van der Waals surface area contributed by atoms with Crippen LogP contribution in [0.1, 0.15) is 5.56 Å². The molecule has 3 N–H and O–H groups in total. The van der Waals surface area contributed by atoms with Gasteiger partial charge in [-0.2, -0.15) is 0 Å². The van der Waals surface area contributed by atoms with E-state index in [1.165, 1.54) is 0 Å². The van der Waals surface area contributed by atoms with Crippen molar-refractivity contribution in [1.82, 2.24) is 15.2 Å². The Morgan fingerprint density at radius 2 is 1.71 bits per heavy atom. The fourth-order valence-corrected chi connectivity index (χ4v) is 4.00. The molecule has 0 saturated carbocycles. The molecule has 3 heterocycles. The predicted octanol–water partition coefficient (Wildman–Crippen LogP) is 6.86. The monoisotopic (exact) mass is 459 g/mol.